The number of hydrogen-bond donors (Lipinski definition) is 2. The molecule has 2 aromatic carbocycles. The van der Waals surface area contributed by atoms with Gasteiger partial charge in [-0.05, 0) is 35.7 Å². The van der Waals surface area contributed by atoms with Crippen molar-refractivity contribution in [2.24, 2.45) is 4.99 Å². The second kappa shape index (κ2) is 10.0. The summed E-state index contributed by atoms with van der Waals surface area (Å²) in [4.78, 5) is 9.06. The van der Waals surface area contributed by atoms with Crippen molar-refractivity contribution >= 4 is 27.5 Å². The van der Waals surface area contributed by atoms with E-state index in [0.717, 1.165) is 44.0 Å². The maximum Gasteiger partial charge on any atom is 0.191 e. The van der Waals surface area contributed by atoms with Crippen LogP contribution in [-0.4, -0.2) is 34.3 Å². The Hall–Kier alpha value is -3.19. The summed E-state index contributed by atoms with van der Waals surface area (Å²) in [5, 5.41) is 12.3. The molecule has 0 saturated carbocycles. The number of aliphatic imine (C=N–C) groups is 1. The minimum absolute atomic E-state index is 0.717. The minimum Gasteiger partial charge on any atom is -0.356 e. The largest absolute Gasteiger partial charge is 0.356 e. The van der Waals surface area contributed by atoms with E-state index in [1.54, 1.807) is 24.6 Å². The molecule has 0 aliphatic rings. The first-order valence-electron chi connectivity index (χ1n) is 10.1. The third kappa shape index (κ3) is 5.24. The van der Waals surface area contributed by atoms with Crippen LogP contribution in [0, 0.1) is 0 Å². The highest BCUT2D eigenvalue weighted by molar-refractivity contribution is 7.18. The van der Waals surface area contributed by atoms with E-state index in [9.17, 15) is 0 Å². The SMILES string of the molecule is CN=C(NCCCc1nc2ccccc2s1)NCc1ccccc1Cn1cccn1. The van der Waals surface area contributed by atoms with E-state index >= 15 is 0 Å². The molecule has 0 radical (unpaired) electrons. The second-order valence-electron chi connectivity index (χ2n) is 7.00. The maximum absolute atomic E-state index is 4.70. The van der Waals surface area contributed by atoms with Crippen molar-refractivity contribution in [2.45, 2.75) is 25.9 Å². The monoisotopic (exact) mass is 418 g/mol. The summed E-state index contributed by atoms with van der Waals surface area (Å²) in [6, 6.07) is 18.7. The molecule has 0 unspecified atom stereocenters. The van der Waals surface area contributed by atoms with Crippen LogP contribution in [0.15, 0.2) is 72.0 Å². The molecule has 0 atom stereocenters. The van der Waals surface area contributed by atoms with E-state index in [1.165, 1.54) is 20.8 Å². The van der Waals surface area contributed by atoms with Gasteiger partial charge in [-0.3, -0.25) is 9.67 Å². The van der Waals surface area contributed by atoms with Gasteiger partial charge in [-0.25, -0.2) is 4.98 Å². The first kappa shape index (κ1) is 20.1. The second-order valence-corrected chi connectivity index (χ2v) is 8.12. The number of thiazole rings is 1. The van der Waals surface area contributed by atoms with E-state index in [2.05, 4.69) is 63.2 Å². The molecule has 0 spiro atoms. The minimum atomic E-state index is 0.717. The molecule has 6 nitrogen and oxygen atoms in total. The Morgan fingerprint density at radius 2 is 1.87 bits per heavy atom. The van der Waals surface area contributed by atoms with Gasteiger partial charge in [0.1, 0.15) is 0 Å². The number of para-hydroxylation sites is 1. The number of guanidine groups is 1. The number of rotatable bonds is 8. The van der Waals surface area contributed by atoms with Gasteiger partial charge in [-0.2, -0.15) is 5.10 Å². The van der Waals surface area contributed by atoms with E-state index in [4.69, 9.17) is 4.98 Å². The zero-order valence-electron chi connectivity index (χ0n) is 17.1. The summed E-state index contributed by atoms with van der Waals surface area (Å²) in [6.45, 7) is 2.33. The number of hydrogen-bond acceptors (Lipinski definition) is 4. The predicted molar refractivity (Wildman–Crippen MR) is 124 cm³/mol. The third-order valence-corrected chi connectivity index (χ3v) is 5.97. The lowest BCUT2D eigenvalue weighted by atomic mass is 10.1. The van der Waals surface area contributed by atoms with Gasteiger partial charge in [0, 0.05) is 39.0 Å². The van der Waals surface area contributed by atoms with Crippen molar-refractivity contribution in [3.05, 3.63) is 83.1 Å². The lowest BCUT2D eigenvalue weighted by molar-refractivity contribution is 0.676. The summed E-state index contributed by atoms with van der Waals surface area (Å²) >= 11 is 1.78. The first-order chi connectivity index (χ1) is 14.8. The quantitative estimate of drug-likeness (QED) is 0.259. The topological polar surface area (TPSA) is 67.1 Å². The molecular formula is C23H26N6S. The Bertz CT molecular complexity index is 1070. The fraction of sp³-hybridized carbons (Fsp3) is 0.261. The normalized spacial score (nSPS) is 11.7. The lowest BCUT2D eigenvalue weighted by Crippen LogP contribution is -2.37. The van der Waals surface area contributed by atoms with Crippen LogP contribution < -0.4 is 10.6 Å². The summed E-state index contributed by atoms with van der Waals surface area (Å²) in [5.41, 5.74) is 3.59. The number of nitrogens with zero attached hydrogens (tertiary/aromatic N) is 4. The molecule has 0 saturated heterocycles. The molecule has 4 rings (SSSR count). The smallest absolute Gasteiger partial charge is 0.191 e. The zero-order valence-corrected chi connectivity index (χ0v) is 17.9. The van der Waals surface area contributed by atoms with Crippen LogP contribution in [0.5, 0.6) is 0 Å². The Labute approximate surface area is 180 Å². The average molecular weight is 419 g/mol. The Balaban J connectivity index is 1.25. The van der Waals surface area contributed by atoms with Gasteiger partial charge in [0.15, 0.2) is 5.96 Å². The van der Waals surface area contributed by atoms with Crippen LogP contribution in [0.4, 0.5) is 0 Å². The number of aryl methyl sites for hydroxylation is 1. The van der Waals surface area contributed by atoms with Crippen molar-refractivity contribution in [3.8, 4) is 0 Å². The fourth-order valence-electron chi connectivity index (χ4n) is 3.33. The first-order valence-corrected chi connectivity index (χ1v) is 11.0. The predicted octanol–water partition coefficient (Wildman–Crippen LogP) is 3.84. The van der Waals surface area contributed by atoms with Crippen molar-refractivity contribution in [1.82, 2.24) is 25.4 Å². The van der Waals surface area contributed by atoms with E-state index in [0.29, 0.717) is 0 Å². The van der Waals surface area contributed by atoms with E-state index in [1.807, 2.05) is 23.0 Å². The number of nitrogens with one attached hydrogen (secondary N) is 2. The summed E-state index contributed by atoms with van der Waals surface area (Å²) in [5.74, 6) is 0.813. The molecule has 0 aliphatic carbocycles. The van der Waals surface area contributed by atoms with Crippen LogP contribution >= 0.6 is 11.3 Å². The van der Waals surface area contributed by atoms with Gasteiger partial charge in [0.05, 0.1) is 21.8 Å². The van der Waals surface area contributed by atoms with Gasteiger partial charge in [0.2, 0.25) is 0 Å². The lowest BCUT2D eigenvalue weighted by Gasteiger charge is -2.14. The number of benzene rings is 2. The van der Waals surface area contributed by atoms with Crippen LogP contribution in [-0.2, 0) is 19.5 Å². The van der Waals surface area contributed by atoms with Crippen molar-refractivity contribution in [2.75, 3.05) is 13.6 Å². The molecule has 7 heteroatoms. The summed E-state index contributed by atoms with van der Waals surface area (Å²) in [7, 11) is 1.80. The number of aromatic nitrogens is 3. The van der Waals surface area contributed by atoms with E-state index in [-0.39, 0.29) is 0 Å². The Kier molecular flexibility index (Phi) is 6.72. The van der Waals surface area contributed by atoms with Crippen LogP contribution in [0.2, 0.25) is 0 Å². The molecule has 30 heavy (non-hydrogen) atoms. The fourth-order valence-corrected chi connectivity index (χ4v) is 4.33. The summed E-state index contributed by atoms with van der Waals surface area (Å²) in [6.07, 6.45) is 5.77. The van der Waals surface area contributed by atoms with Gasteiger partial charge < -0.3 is 10.6 Å². The molecule has 0 amide bonds. The summed E-state index contributed by atoms with van der Waals surface area (Å²) < 4.78 is 3.19. The highest BCUT2D eigenvalue weighted by Crippen LogP contribution is 2.22. The van der Waals surface area contributed by atoms with Gasteiger partial charge >= 0.3 is 0 Å². The molecule has 154 valence electrons. The number of fused-ring (bicyclic) bond motifs is 1. The molecule has 0 aliphatic heterocycles. The highest BCUT2D eigenvalue weighted by atomic mass is 32.1. The molecule has 0 bridgehead atoms. The Morgan fingerprint density at radius 1 is 1.03 bits per heavy atom. The zero-order chi connectivity index (χ0) is 20.6. The molecule has 4 aromatic rings. The Morgan fingerprint density at radius 3 is 2.67 bits per heavy atom. The maximum atomic E-state index is 4.70. The standard InChI is InChI=1S/C23H26N6S/c1-24-23(25-13-6-12-22-28-20-10-4-5-11-21(20)30-22)26-16-18-8-2-3-9-19(18)17-29-15-7-14-27-29/h2-5,7-11,14-15H,6,12-13,16-17H2,1H3,(H2,24,25,26). The van der Waals surface area contributed by atoms with Crippen molar-refractivity contribution in [1.29, 1.82) is 0 Å². The molecule has 2 N–H and O–H groups in total. The van der Waals surface area contributed by atoms with Crippen LogP contribution in [0.25, 0.3) is 10.2 Å². The molecular weight excluding hydrogens is 392 g/mol. The third-order valence-electron chi connectivity index (χ3n) is 4.88. The van der Waals surface area contributed by atoms with Gasteiger partial charge in [-0.15, -0.1) is 11.3 Å². The van der Waals surface area contributed by atoms with E-state index < -0.39 is 0 Å². The highest BCUT2D eigenvalue weighted by Gasteiger charge is 2.06. The average Bonchev–Trinajstić information content (AvgIpc) is 3.43. The van der Waals surface area contributed by atoms with Gasteiger partial charge in [0.25, 0.3) is 0 Å². The van der Waals surface area contributed by atoms with Crippen molar-refractivity contribution in [3.63, 3.8) is 0 Å². The molecule has 2 heterocycles. The van der Waals surface area contributed by atoms with Crippen LogP contribution in [0.1, 0.15) is 22.6 Å². The van der Waals surface area contributed by atoms with Gasteiger partial charge in [-0.1, -0.05) is 36.4 Å². The van der Waals surface area contributed by atoms with Crippen LogP contribution in [0.3, 0.4) is 0 Å². The molecule has 2 aromatic heterocycles. The van der Waals surface area contributed by atoms with Crippen molar-refractivity contribution < 1.29 is 0 Å². The molecule has 0 fully saturated rings.